The average Bonchev–Trinajstić information content (AvgIpc) is 2.34. The first-order chi connectivity index (χ1) is 4.88. The van der Waals surface area contributed by atoms with Crippen LogP contribution >= 0.6 is 0 Å². The highest BCUT2D eigenvalue weighted by molar-refractivity contribution is 5.41. The minimum Gasteiger partial charge on any atom is -0.434 e. The number of fused-ring (bicyclic) bond motifs is 1. The zero-order chi connectivity index (χ0) is 6.97. The van der Waals surface area contributed by atoms with Crippen molar-refractivity contribution in [3.63, 3.8) is 0 Å². The first-order valence-corrected chi connectivity index (χ1v) is 3.64. The Morgan fingerprint density at radius 3 is 2.73 bits per heavy atom. The van der Waals surface area contributed by atoms with Crippen LogP contribution in [0.25, 0.3) is 0 Å². The van der Waals surface area contributed by atoms with Crippen molar-refractivity contribution in [1.29, 1.82) is 0 Å². The van der Waals surface area contributed by atoms with E-state index < -0.39 is 0 Å². The summed E-state index contributed by atoms with van der Waals surface area (Å²) in [5, 5.41) is 0. The molecule has 0 spiro atoms. The highest BCUT2D eigenvalue weighted by Crippen LogP contribution is 2.14. The molecule has 1 aromatic carbocycles. The number of benzene rings is 1. The standard InChI is InChI=1S/C9H11N.CH4/c1-10-7-6-8-4-2-3-5-9(8)10;/h2-5,10H,1,6-7H2;1H4. The van der Waals surface area contributed by atoms with E-state index in [0.29, 0.717) is 0 Å². The van der Waals surface area contributed by atoms with Crippen molar-refractivity contribution in [1.82, 2.24) is 0 Å². The van der Waals surface area contributed by atoms with Crippen molar-refractivity contribution in [3.05, 3.63) is 36.9 Å². The maximum Gasteiger partial charge on any atom is 0.108 e. The monoisotopic (exact) mass is 149 g/mol. The van der Waals surface area contributed by atoms with Gasteiger partial charge in [-0.2, -0.15) is 0 Å². The molecular formula is C10H15N. The highest BCUT2D eigenvalue weighted by atomic mass is 15.1. The van der Waals surface area contributed by atoms with Crippen molar-refractivity contribution in [3.8, 4) is 0 Å². The third-order valence-electron chi connectivity index (χ3n) is 2.09. The molecule has 1 aliphatic rings. The van der Waals surface area contributed by atoms with Crippen LogP contribution in [0.2, 0.25) is 0 Å². The summed E-state index contributed by atoms with van der Waals surface area (Å²) >= 11 is 0. The van der Waals surface area contributed by atoms with Gasteiger partial charge in [-0.15, -0.1) is 7.05 Å². The van der Waals surface area contributed by atoms with Crippen molar-refractivity contribution >= 4 is 5.69 Å². The summed E-state index contributed by atoms with van der Waals surface area (Å²) in [6.07, 6.45) is 1.19. The van der Waals surface area contributed by atoms with Gasteiger partial charge in [-0.05, 0) is 6.07 Å². The van der Waals surface area contributed by atoms with Gasteiger partial charge in [-0.25, -0.2) is 0 Å². The van der Waals surface area contributed by atoms with Gasteiger partial charge in [0.25, 0.3) is 0 Å². The SMILES string of the molecule is C.[CH2-][NH+]1CCc2ccccc21. The molecule has 0 fully saturated rings. The second-order valence-corrected chi connectivity index (χ2v) is 2.76. The molecule has 2 rings (SSSR count). The van der Waals surface area contributed by atoms with E-state index in [1.807, 2.05) is 0 Å². The fourth-order valence-corrected chi connectivity index (χ4v) is 1.50. The van der Waals surface area contributed by atoms with E-state index in [4.69, 9.17) is 0 Å². The lowest BCUT2D eigenvalue weighted by atomic mass is 10.2. The lowest BCUT2D eigenvalue weighted by Crippen LogP contribution is -3.00. The van der Waals surface area contributed by atoms with E-state index in [0.717, 1.165) is 6.54 Å². The van der Waals surface area contributed by atoms with Crippen molar-refractivity contribution in [2.45, 2.75) is 13.8 Å². The number of nitrogens with one attached hydrogen (secondary N) is 1. The predicted octanol–water partition coefficient (Wildman–Crippen LogP) is 1.19. The topological polar surface area (TPSA) is 4.44 Å². The van der Waals surface area contributed by atoms with Crippen LogP contribution in [0, 0.1) is 7.05 Å². The predicted molar refractivity (Wildman–Crippen MR) is 47.7 cm³/mol. The Hall–Kier alpha value is -0.820. The maximum atomic E-state index is 4.00. The fraction of sp³-hybridized carbons (Fsp3) is 0.300. The second-order valence-electron chi connectivity index (χ2n) is 2.76. The van der Waals surface area contributed by atoms with Crippen molar-refractivity contribution in [2.24, 2.45) is 0 Å². The summed E-state index contributed by atoms with van der Waals surface area (Å²) in [5.41, 5.74) is 2.84. The van der Waals surface area contributed by atoms with E-state index in [2.05, 4.69) is 31.3 Å². The maximum absolute atomic E-state index is 4.00. The zero-order valence-electron chi connectivity index (χ0n) is 5.93. The van der Waals surface area contributed by atoms with Crippen LogP contribution in [-0.2, 0) is 6.42 Å². The molecule has 1 nitrogen and oxygen atoms in total. The number of hydrogen-bond donors (Lipinski definition) is 1. The number of para-hydroxylation sites is 1. The molecule has 1 aliphatic heterocycles. The molecule has 1 unspecified atom stereocenters. The van der Waals surface area contributed by atoms with Gasteiger partial charge in [0.05, 0.1) is 6.54 Å². The molecule has 60 valence electrons. The van der Waals surface area contributed by atoms with Crippen molar-refractivity contribution < 1.29 is 4.90 Å². The molecule has 0 amide bonds. The Labute approximate surface area is 68.7 Å². The van der Waals surface area contributed by atoms with Crippen LogP contribution in [0.1, 0.15) is 13.0 Å². The van der Waals surface area contributed by atoms with Gasteiger partial charge < -0.3 is 4.90 Å². The Bertz CT molecular complexity index is 242. The van der Waals surface area contributed by atoms with Crippen LogP contribution in [0.5, 0.6) is 0 Å². The minimum atomic E-state index is 0. The van der Waals surface area contributed by atoms with Crippen LogP contribution in [0.3, 0.4) is 0 Å². The van der Waals surface area contributed by atoms with Gasteiger partial charge in [0.2, 0.25) is 0 Å². The fourth-order valence-electron chi connectivity index (χ4n) is 1.50. The van der Waals surface area contributed by atoms with Crippen molar-refractivity contribution in [2.75, 3.05) is 6.54 Å². The quantitative estimate of drug-likeness (QED) is 0.528. The molecule has 0 bridgehead atoms. The van der Waals surface area contributed by atoms with Crippen LogP contribution in [0.4, 0.5) is 5.69 Å². The molecule has 0 aromatic heterocycles. The molecule has 1 N–H and O–H groups in total. The summed E-state index contributed by atoms with van der Waals surface area (Å²) in [6, 6.07) is 8.52. The van der Waals surface area contributed by atoms with E-state index in [1.165, 1.54) is 22.6 Å². The summed E-state index contributed by atoms with van der Waals surface area (Å²) in [7, 11) is 4.00. The van der Waals surface area contributed by atoms with Gasteiger partial charge in [0.1, 0.15) is 5.69 Å². The number of rotatable bonds is 0. The van der Waals surface area contributed by atoms with Gasteiger partial charge in [-0.1, -0.05) is 25.6 Å². The third kappa shape index (κ3) is 1.29. The van der Waals surface area contributed by atoms with Crippen LogP contribution < -0.4 is 4.90 Å². The number of hydrogen-bond acceptors (Lipinski definition) is 0. The number of quaternary nitrogens is 1. The van der Waals surface area contributed by atoms with E-state index in [1.54, 1.807) is 0 Å². The molecule has 0 radical (unpaired) electrons. The van der Waals surface area contributed by atoms with Gasteiger partial charge in [0.15, 0.2) is 0 Å². The molecule has 1 heteroatoms. The smallest absolute Gasteiger partial charge is 0.108 e. The largest absolute Gasteiger partial charge is 0.434 e. The van der Waals surface area contributed by atoms with Crippen LogP contribution in [0.15, 0.2) is 24.3 Å². The normalized spacial score (nSPS) is 20.6. The molecule has 11 heavy (non-hydrogen) atoms. The zero-order valence-corrected chi connectivity index (χ0v) is 5.93. The summed E-state index contributed by atoms with van der Waals surface area (Å²) < 4.78 is 0. The van der Waals surface area contributed by atoms with E-state index >= 15 is 0 Å². The first-order valence-electron chi connectivity index (χ1n) is 3.64. The lowest BCUT2D eigenvalue weighted by Gasteiger charge is -2.12. The molecule has 0 saturated carbocycles. The van der Waals surface area contributed by atoms with E-state index in [9.17, 15) is 0 Å². The molecule has 1 atom stereocenters. The first kappa shape index (κ1) is 8.28. The molecular weight excluding hydrogens is 134 g/mol. The molecule has 0 aliphatic carbocycles. The molecule has 1 heterocycles. The van der Waals surface area contributed by atoms with Gasteiger partial charge >= 0.3 is 0 Å². The van der Waals surface area contributed by atoms with E-state index in [-0.39, 0.29) is 7.43 Å². The summed E-state index contributed by atoms with van der Waals surface area (Å²) in [4.78, 5) is 1.30. The molecule has 1 aromatic rings. The Morgan fingerprint density at radius 2 is 2.00 bits per heavy atom. The summed E-state index contributed by atoms with van der Waals surface area (Å²) in [6.45, 7) is 1.15. The van der Waals surface area contributed by atoms with Gasteiger partial charge in [0, 0.05) is 12.0 Å². The minimum absolute atomic E-state index is 0. The van der Waals surface area contributed by atoms with Crippen LogP contribution in [-0.4, -0.2) is 6.54 Å². The summed E-state index contributed by atoms with van der Waals surface area (Å²) in [5.74, 6) is 0. The highest BCUT2D eigenvalue weighted by Gasteiger charge is 2.14. The second kappa shape index (κ2) is 3.05. The Morgan fingerprint density at radius 1 is 1.27 bits per heavy atom. The Kier molecular flexibility index (Phi) is 2.30. The molecule has 0 saturated heterocycles. The van der Waals surface area contributed by atoms with Gasteiger partial charge in [-0.3, -0.25) is 0 Å². The average molecular weight is 149 g/mol. The lowest BCUT2D eigenvalue weighted by molar-refractivity contribution is -0.775. The third-order valence-corrected chi connectivity index (χ3v) is 2.09. The Balaban J connectivity index is 0.000000605.